The van der Waals surface area contributed by atoms with Crippen LogP contribution >= 0.6 is 11.6 Å². The van der Waals surface area contributed by atoms with E-state index in [1.54, 1.807) is 0 Å². The molecule has 16 heavy (non-hydrogen) atoms. The molecule has 0 aliphatic heterocycles. The van der Waals surface area contributed by atoms with Gasteiger partial charge in [-0.25, -0.2) is 0 Å². The van der Waals surface area contributed by atoms with E-state index in [1.165, 1.54) is 5.69 Å². The largest absolute Gasteiger partial charge is 0.372 e. The van der Waals surface area contributed by atoms with Gasteiger partial charge >= 0.3 is 0 Å². The lowest BCUT2D eigenvalue weighted by atomic mass is 10.1. The maximum Gasteiger partial charge on any atom is 0.0471 e. The first-order chi connectivity index (χ1) is 7.60. The van der Waals surface area contributed by atoms with Crippen LogP contribution in [0.25, 0.3) is 0 Å². The zero-order valence-corrected chi connectivity index (χ0v) is 11.3. The van der Waals surface area contributed by atoms with Gasteiger partial charge in [0.05, 0.1) is 0 Å². The summed E-state index contributed by atoms with van der Waals surface area (Å²) in [6.07, 6.45) is 1.13. The van der Waals surface area contributed by atoms with Gasteiger partial charge in [0.25, 0.3) is 0 Å². The third-order valence-corrected chi connectivity index (χ3v) is 3.41. The Kier molecular flexibility index (Phi) is 5.10. The Hall–Kier alpha value is -0.730. The quantitative estimate of drug-likeness (QED) is 0.850. The molecule has 1 aromatic rings. The lowest BCUT2D eigenvalue weighted by molar-refractivity contribution is 0.663. The van der Waals surface area contributed by atoms with Crippen LogP contribution < -0.4 is 10.2 Å². The van der Waals surface area contributed by atoms with E-state index in [-0.39, 0.29) is 0 Å². The highest BCUT2D eigenvalue weighted by molar-refractivity contribution is 6.31. The monoisotopic (exact) mass is 240 g/mol. The van der Waals surface area contributed by atoms with Gasteiger partial charge in [-0.05, 0) is 38.1 Å². The summed E-state index contributed by atoms with van der Waals surface area (Å²) in [6, 6.07) is 6.80. The van der Waals surface area contributed by atoms with Gasteiger partial charge in [0, 0.05) is 30.3 Å². The molecular formula is C13H21ClN2. The molecule has 1 N–H and O–H groups in total. The lowest BCUT2D eigenvalue weighted by Crippen LogP contribution is -2.27. The van der Waals surface area contributed by atoms with E-state index >= 15 is 0 Å². The van der Waals surface area contributed by atoms with Gasteiger partial charge in [-0.3, -0.25) is 0 Å². The second-order valence-corrected chi connectivity index (χ2v) is 4.58. The fourth-order valence-electron chi connectivity index (χ4n) is 1.62. The standard InChI is InChI=1S/C13H21ClN2/c1-5-10(2)16(4)12-7-6-11(9-15-3)13(14)8-12/h6-8,10,15H,5,9H2,1-4H3. The van der Waals surface area contributed by atoms with Gasteiger partial charge in [-0.2, -0.15) is 0 Å². The van der Waals surface area contributed by atoms with Crippen molar-refractivity contribution in [1.82, 2.24) is 5.32 Å². The van der Waals surface area contributed by atoms with Crippen LogP contribution in [0.2, 0.25) is 5.02 Å². The second kappa shape index (κ2) is 6.12. The number of halogens is 1. The second-order valence-electron chi connectivity index (χ2n) is 4.17. The summed E-state index contributed by atoms with van der Waals surface area (Å²) in [6.45, 7) is 5.22. The Morgan fingerprint density at radius 2 is 2.12 bits per heavy atom. The molecule has 0 heterocycles. The highest BCUT2D eigenvalue weighted by atomic mass is 35.5. The predicted octanol–water partition coefficient (Wildman–Crippen LogP) is 3.29. The van der Waals surface area contributed by atoms with Gasteiger partial charge in [0.15, 0.2) is 0 Å². The summed E-state index contributed by atoms with van der Waals surface area (Å²) in [5, 5.41) is 3.94. The average molecular weight is 241 g/mol. The van der Waals surface area contributed by atoms with Crippen molar-refractivity contribution in [2.24, 2.45) is 0 Å². The molecule has 0 amide bonds. The topological polar surface area (TPSA) is 15.3 Å². The van der Waals surface area contributed by atoms with Crippen molar-refractivity contribution in [3.05, 3.63) is 28.8 Å². The molecule has 0 aromatic heterocycles. The fraction of sp³-hybridized carbons (Fsp3) is 0.538. The van der Waals surface area contributed by atoms with Crippen LogP contribution in [0.4, 0.5) is 5.69 Å². The minimum atomic E-state index is 0.534. The van der Waals surface area contributed by atoms with Crippen LogP contribution in [0.3, 0.4) is 0 Å². The molecule has 90 valence electrons. The summed E-state index contributed by atoms with van der Waals surface area (Å²) in [5.74, 6) is 0. The van der Waals surface area contributed by atoms with Gasteiger partial charge in [0.2, 0.25) is 0 Å². The normalized spacial score (nSPS) is 12.6. The van der Waals surface area contributed by atoms with E-state index in [0.717, 1.165) is 23.6 Å². The van der Waals surface area contributed by atoms with Gasteiger partial charge in [-0.1, -0.05) is 24.6 Å². The van der Waals surface area contributed by atoms with Crippen molar-refractivity contribution in [3.63, 3.8) is 0 Å². The first-order valence-electron chi connectivity index (χ1n) is 5.76. The van der Waals surface area contributed by atoms with Gasteiger partial charge < -0.3 is 10.2 Å². The van der Waals surface area contributed by atoms with Gasteiger partial charge in [0.1, 0.15) is 0 Å². The van der Waals surface area contributed by atoms with Crippen molar-refractivity contribution in [2.45, 2.75) is 32.9 Å². The number of nitrogens with zero attached hydrogens (tertiary/aromatic N) is 1. The van der Waals surface area contributed by atoms with E-state index in [2.05, 4.69) is 43.2 Å². The number of rotatable bonds is 5. The lowest BCUT2D eigenvalue weighted by Gasteiger charge is -2.26. The minimum absolute atomic E-state index is 0.534. The Bertz CT molecular complexity index is 339. The van der Waals surface area contributed by atoms with Crippen LogP contribution in [-0.4, -0.2) is 20.1 Å². The SMILES string of the molecule is CCC(C)N(C)c1ccc(CNC)c(Cl)c1. The van der Waals surface area contributed by atoms with E-state index in [1.807, 2.05) is 13.1 Å². The first-order valence-corrected chi connectivity index (χ1v) is 6.13. The van der Waals surface area contributed by atoms with Gasteiger partial charge in [-0.15, -0.1) is 0 Å². The molecular weight excluding hydrogens is 220 g/mol. The highest BCUT2D eigenvalue weighted by Gasteiger charge is 2.09. The van der Waals surface area contributed by atoms with E-state index in [4.69, 9.17) is 11.6 Å². The molecule has 1 atom stereocenters. The Labute approximate surface area is 104 Å². The predicted molar refractivity (Wildman–Crippen MR) is 72.4 cm³/mol. The summed E-state index contributed by atoms with van der Waals surface area (Å²) in [4.78, 5) is 2.26. The van der Waals surface area contributed by atoms with E-state index in [9.17, 15) is 0 Å². The average Bonchev–Trinajstić information content (AvgIpc) is 2.30. The summed E-state index contributed by atoms with van der Waals surface area (Å²) in [5.41, 5.74) is 2.32. The molecule has 1 aromatic carbocycles. The molecule has 1 rings (SSSR count). The number of anilines is 1. The van der Waals surface area contributed by atoms with Crippen LogP contribution in [-0.2, 0) is 6.54 Å². The van der Waals surface area contributed by atoms with Crippen molar-refractivity contribution < 1.29 is 0 Å². The third kappa shape index (κ3) is 3.13. The number of hydrogen-bond acceptors (Lipinski definition) is 2. The van der Waals surface area contributed by atoms with E-state index < -0.39 is 0 Å². The Morgan fingerprint density at radius 1 is 1.44 bits per heavy atom. The Morgan fingerprint density at radius 3 is 2.62 bits per heavy atom. The maximum atomic E-state index is 6.23. The summed E-state index contributed by atoms with van der Waals surface area (Å²) in [7, 11) is 4.03. The molecule has 0 spiro atoms. The molecule has 0 fully saturated rings. The molecule has 3 heteroatoms. The Balaban J connectivity index is 2.87. The smallest absolute Gasteiger partial charge is 0.0471 e. The van der Waals surface area contributed by atoms with Crippen molar-refractivity contribution >= 4 is 17.3 Å². The number of nitrogens with one attached hydrogen (secondary N) is 1. The number of hydrogen-bond donors (Lipinski definition) is 1. The van der Waals surface area contributed by atoms with Crippen molar-refractivity contribution in [3.8, 4) is 0 Å². The van der Waals surface area contributed by atoms with Crippen LogP contribution in [0, 0.1) is 0 Å². The first kappa shape index (κ1) is 13.3. The zero-order chi connectivity index (χ0) is 12.1. The molecule has 0 aliphatic carbocycles. The highest BCUT2D eigenvalue weighted by Crippen LogP contribution is 2.24. The summed E-state index contributed by atoms with van der Waals surface area (Å²) >= 11 is 6.23. The van der Waals surface area contributed by atoms with Crippen LogP contribution in [0.15, 0.2) is 18.2 Å². The molecule has 0 aliphatic rings. The number of benzene rings is 1. The molecule has 0 bridgehead atoms. The fourth-order valence-corrected chi connectivity index (χ4v) is 1.86. The molecule has 1 unspecified atom stereocenters. The third-order valence-electron chi connectivity index (χ3n) is 3.06. The molecule has 0 radical (unpaired) electrons. The van der Waals surface area contributed by atoms with Crippen LogP contribution in [0.1, 0.15) is 25.8 Å². The maximum absolute atomic E-state index is 6.23. The molecule has 0 saturated heterocycles. The summed E-state index contributed by atoms with van der Waals surface area (Å²) < 4.78 is 0. The van der Waals surface area contributed by atoms with Crippen molar-refractivity contribution in [1.29, 1.82) is 0 Å². The van der Waals surface area contributed by atoms with E-state index in [0.29, 0.717) is 6.04 Å². The minimum Gasteiger partial charge on any atom is -0.372 e. The van der Waals surface area contributed by atoms with Crippen LogP contribution in [0.5, 0.6) is 0 Å². The zero-order valence-electron chi connectivity index (χ0n) is 10.5. The van der Waals surface area contributed by atoms with Crippen molar-refractivity contribution in [2.75, 3.05) is 19.0 Å². The molecule has 2 nitrogen and oxygen atoms in total. The molecule has 0 saturated carbocycles.